The van der Waals surface area contributed by atoms with Gasteiger partial charge >= 0.3 is 0 Å². The summed E-state index contributed by atoms with van der Waals surface area (Å²) in [4.78, 5) is 0.940. The maximum Gasteiger partial charge on any atom is 0.243 e. The van der Waals surface area contributed by atoms with Gasteiger partial charge in [0.1, 0.15) is 0 Å². The molecular weight excluding hydrogens is 286 g/mol. The molecule has 1 fully saturated rings. The van der Waals surface area contributed by atoms with Gasteiger partial charge in [0, 0.05) is 30.0 Å². The molecule has 1 aliphatic rings. The van der Waals surface area contributed by atoms with Gasteiger partial charge in [-0.1, -0.05) is 0 Å². The molecule has 1 aromatic heterocycles. The number of hydrogen-bond donors (Lipinski definition) is 1. The number of piperidine rings is 1. The Kier molecular flexibility index (Phi) is 4.97. The first-order valence-corrected chi connectivity index (χ1v) is 8.70. The highest BCUT2D eigenvalue weighted by Gasteiger charge is 2.31. The Bertz CT molecular complexity index is 510. The van der Waals surface area contributed by atoms with Gasteiger partial charge in [-0.3, -0.25) is 0 Å². The third-order valence-corrected chi connectivity index (χ3v) is 6.08. The van der Waals surface area contributed by atoms with Crippen LogP contribution in [-0.4, -0.2) is 43.6 Å². The van der Waals surface area contributed by atoms with Crippen molar-refractivity contribution in [2.24, 2.45) is 0 Å². The molecule has 19 heavy (non-hydrogen) atoms. The van der Waals surface area contributed by atoms with E-state index in [1.807, 2.05) is 6.92 Å². The van der Waals surface area contributed by atoms with Gasteiger partial charge in [0.15, 0.2) is 0 Å². The van der Waals surface area contributed by atoms with E-state index in [1.165, 1.54) is 15.6 Å². The van der Waals surface area contributed by atoms with Crippen LogP contribution in [0.25, 0.3) is 0 Å². The zero-order valence-electron chi connectivity index (χ0n) is 10.9. The van der Waals surface area contributed by atoms with Gasteiger partial charge in [-0.05, 0) is 25.8 Å². The van der Waals surface area contributed by atoms with E-state index in [1.54, 1.807) is 11.4 Å². The van der Waals surface area contributed by atoms with E-state index in [4.69, 9.17) is 9.84 Å². The SMILES string of the molecule is CCOC1CCCN(S(=O)(=O)c2csc(CO)c2)C1. The van der Waals surface area contributed by atoms with E-state index in [0.29, 0.717) is 24.6 Å². The third kappa shape index (κ3) is 3.35. The molecule has 1 N–H and O–H groups in total. The normalized spacial score (nSPS) is 21.7. The van der Waals surface area contributed by atoms with Gasteiger partial charge in [-0.2, -0.15) is 4.31 Å². The van der Waals surface area contributed by atoms with E-state index >= 15 is 0 Å². The molecule has 1 unspecified atom stereocenters. The minimum atomic E-state index is -3.45. The molecule has 0 saturated carbocycles. The largest absolute Gasteiger partial charge is 0.391 e. The van der Waals surface area contributed by atoms with Crippen LogP contribution < -0.4 is 0 Å². The third-order valence-electron chi connectivity index (χ3n) is 3.17. The molecule has 1 aromatic rings. The quantitative estimate of drug-likeness (QED) is 0.893. The first-order chi connectivity index (χ1) is 9.07. The summed E-state index contributed by atoms with van der Waals surface area (Å²) < 4.78 is 31.9. The topological polar surface area (TPSA) is 66.8 Å². The highest BCUT2D eigenvalue weighted by Crippen LogP contribution is 2.25. The second kappa shape index (κ2) is 6.32. The predicted molar refractivity (Wildman–Crippen MR) is 73.6 cm³/mol. The Morgan fingerprint density at radius 1 is 1.58 bits per heavy atom. The average Bonchev–Trinajstić information content (AvgIpc) is 2.89. The number of thiophene rings is 1. The fourth-order valence-corrected chi connectivity index (χ4v) is 4.85. The summed E-state index contributed by atoms with van der Waals surface area (Å²) in [6, 6.07) is 1.55. The molecule has 0 spiro atoms. The molecule has 0 aromatic carbocycles. The summed E-state index contributed by atoms with van der Waals surface area (Å²) in [7, 11) is -3.45. The Labute approximate surface area is 117 Å². The maximum absolute atomic E-state index is 12.5. The molecule has 108 valence electrons. The first-order valence-electron chi connectivity index (χ1n) is 6.38. The van der Waals surface area contributed by atoms with Crippen molar-refractivity contribution < 1.29 is 18.3 Å². The van der Waals surface area contributed by atoms with Crippen molar-refractivity contribution in [1.82, 2.24) is 4.31 Å². The summed E-state index contributed by atoms with van der Waals surface area (Å²) in [5.41, 5.74) is 0. The van der Waals surface area contributed by atoms with Crippen LogP contribution in [0.2, 0.25) is 0 Å². The lowest BCUT2D eigenvalue weighted by Gasteiger charge is -2.31. The van der Waals surface area contributed by atoms with Crippen molar-refractivity contribution in [3.8, 4) is 0 Å². The Balaban J connectivity index is 2.14. The van der Waals surface area contributed by atoms with E-state index in [-0.39, 0.29) is 17.6 Å². The molecule has 1 aliphatic heterocycles. The molecule has 2 rings (SSSR count). The van der Waals surface area contributed by atoms with Crippen molar-refractivity contribution in [1.29, 1.82) is 0 Å². The number of nitrogens with zero attached hydrogens (tertiary/aromatic N) is 1. The molecule has 0 radical (unpaired) electrons. The highest BCUT2D eigenvalue weighted by atomic mass is 32.2. The fourth-order valence-electron chi connectivity index (χ4n) is 2.22. The molecular formula is C12H19NO4S2. The molecule has 7 heteroatoms. The van der Waals surface area contributed by atoms with E-state index < -0.39 is 10.0 Å². The van der Waals surface area contributed by atoms with Crippen molar-refractivity contribution in [3.63, 3.8) is 0 Å². The zero-order valence-corrected chi connectivity index (χ0v) is 12.5. The molecule has 0 aliphatic carbocycles. The summed E-state index contributed by atoms with van der Waals surface area (Å²) in [5.74, 6) is 0. The Morgan fingerprint density at radius 3 is 3.00 bits per heavy atom. The van der Waals surface area contributed by atoms with Gasteiger partial charge < -0.3 is 9.84 Å². The van der Waals surface area contributed by atoms with E-state index in [0.717, 1.165) is 12.8 Å². The minimum Gasteiger partial charge on any atom is -0.391 e. The predicted octanol–water partition coefficient (Wildman–Crippen LogP) is 1.43. The number of hydrogen-bond acceptors (Lipinski definition) is 5. The zero-order chi connectivity index (χ0) is 13.9. The molecule has 1 atom stereocenters. The molecule has 0 bridgehead atoms. The molecule has 1 saturated heterocycles. The molecule has 5 nitrogen and oxygen atoms in total. The summed E-state index contributed by atoms with van der Waals surface area (Å²) in [6.45, 7) is 3.35. The number of ether oxygens (including phenoxy) is 1. The second-order valence-electron chi connectivity index (χ2n) is 4.49. The fraction of sp³-hybridized carbons (Fsp3) is 0.667. The Morgan fingerprint density at radius 2 is 2.37 bits per heavy atom. The lowest BCUT2D eigenvalue weighted by atomic mass is 10.1. The van der Waals surface area contributed by atoms with Crippen LogP contribution in [0.15, 0.2) is 16.3 Å². The van der Waals surface area contributed by atoms with Gasteiger partial charge in [0.2, 0.25) is 10.0 Å². The van der Waals surface area contributed by atoms with Gasteiger partial charge in [0.05, 0.1) is 17.6 Å². The van der Waals surface area contributed by atoms with Crippen LogP contribution in [0, 0.1) is 0 Å². The summed E-state index contributed by atoms with van der Waals surface area (Å²) >= 11 is 1.26. The molecule has 0 amide bonds. The van der Waals surface area contributed by atoms with Crippen LogP contribution in [0.5, 0.6) is 0 Å². The summed E-state index contributed by atoms with van der Waals surface area (Å²) in [5, 5.41) is 10.6. The number of aliphatic hydroxyl groups excluding tert-OH is 1. The van der Waals surface area contributed by atoms with Crippen molar-refractivity contribution in [2.45, 2.75) is 37.4 Å². The Hall–Kier alpha value is -0.470. The average molecular weight is 305 g/mol. The monoisotopic (exact) mass is 305 g/mol. The van der Waals surface area contributed by atoms with Crippen LogP contribution in [0.4, 0.5) is 0 Å². The van der Waals surface area contributed by atoms with Crippen molar-refractivity contribution in [2.75, 3.05) is 19.7 Å². The second-order valence-corrected chi connectivity index (χ2v) is 7.42. The van der Waals surface area contributed by atoms with Crippen LogP contribution in [0.1, 0.15) is 24.6 Å². The van der Waals surface area contributed by atoms with E-state index in [9.17, 15) is 8.42 Å². The van der Waals surface area contributed by atoms with E-state index in [2.05, 4.69) is 0 Å². The van der Waals surface area contributed by atoms with Crippen molar-refractivity contribution in [3.05, 3.63) is 16.3 Å². The maximum atomic E-state index is 12.5. The summed E-state index contributed by atoms with van der Waals surface area (Å²) in [6.07, 6.45) is 1.72. The van der Waals surface area contributed by atoms with Crippen LogP contribution >= 0.6 is 11.3 Å². The van der Waals surface area contributed by atoms with Crippen LogP contribution in [0.3, 0.4) is 0 Å². The number of aliphatic hydroxyl groups is 1. The van der Waals surface area contributed by atoms with Gasteiger partial charge in [0.25, 0.3) is 0 Å². The standard InChI is InChI=1S/C12H19NO4S2/c1-2-17-10-4-3-5-13(7-10)19(15,16)12-6-11(8-14)18-9-12/h6,9-10,14H,2-5,7-8H2,1H3. The highest BCUT2D eigenvalue weighted by molar-refractivity contribution is 7.89. The van der Waals surface area contributed by atoms with Gasteiger partial charge in [-0.15, -0.1) is 11.3 Å². The smallest absolute Gasteiger partial charge is 0.243 e. The van der Waals surface area contributed by atoms with Gasteiger partial charge in [-0.25, -0.2) is 8.42 Å². The number of rotatable bonds is 5. The lowest BCUT2D eigenvalue weighted by molar-refractivity contribution is 0.0265. The van der Waals surface area contributed by atoms with Crippen molar-refractivity contribution >= 4 is 21.4 Å². The minimum absolute atomic E-state index is 0.00975. The number of sulfonamides is 1. The van der Waals surface area contributed by atoms with Crippen LogP contribution in [-0.2, 0) is 21.4 Å². The first kappa shape index (κ1) is 14.9. The lowest BCUT2D eigenvalue weighted by Crippen LogP contribution is -2.43. The molecule has 2 heterocycles.